The smallest absolute Gasteiger partial charge is 0.343 e. The molecular weight excluding hydrogens is 413 g/mol. The minimum atomic E-state index is -4.40. The molecule has 0 radical (unpaired) electrons. The fourth-order valence-electron chi connectivity index (χ4n) is 3.14. The van der Waals surface area contributed by atoms with Gasteiger partial charge in [-0.3, -0.25) is 4.79 Å². The summed E-state index contributed by atoms with van der Waals surface area (Å²) >= 11 is 1.38. The van der Waals surface area contributed by atoms with Gasteiger partial charge < -0.3 is 4.90 Å². The molecular formula is C18H19F3N2O3S2. The minimum absolute atomic E-state index is 0.0766. The van der Waals surface area contributed by atoms with Gasteiger partial charge in [-0.25, -0.2) is 13.4 Å². The highest BCUT2D eigenvalue weighted by Crippen LogP contribution is 2.37. The fourth-order valence-corrected chi connectivity index (χ4v) is 4.89. The Morgan fingerprint density at radius 2 is 2.00 bits per heavy atom. The molecule has 1 aliphatic heterocycles. The number of sulfone groups is 1. The summed E-state index contributed by atoms with van der Waals surface area (Å²) in [5.74, 6) is -0.398. The lowest BCUT2D eigenvalue weighted by Gasteiger charge is -2.31. The van der Waals surface area contributed by atoms with Crippen LogP contribution < -0.4 is 0 Å². The zero-order valence-electron chi connectivity index (χ0n) is 14.9. The Labute approximate surface area is 164 Å². The van der Waals surface area contributed by atoms with Gasteiger partial charge in [-0.15, -0.1) is 11.3 Å². The van der Waals surface area contributed by atoms with Crippen molar-refractivity contribution in [3.8, 4) is 0 Å². The van der Waals surface area contributed by atoms with Crippen molar-refractivity contribution in [1.29, 1.82) is 0 Å². The number of benzene rings is 1. The Morgan fingerprint density at radius 3 is 2.61 bits per heavy atom. The average Bonchev–Trinajstić information content (AvgIpc) is 3.09. The number of carbonyl (C=O) groups excluding carboxylic acids is 1. The third kappa shape index (κ3) is 4.72. The first-order valence-electron chi connectivity index (χ1n) is 8.70. The molecule has 5 nitrogen and oxygen atoms in total. The average molecular weight is 432 g/mol. The van der Waals surface area contributed by atoms with Crippen LogP contribution in [0.15, 0.2) is 30.2 Å². The van der Waals surface area contributed by atoms with Crippen LogP contribution in [0.5, 0.6) is 0 Å². The van der Waals surface area contributed by atoms with Crippen molar-refractivity contribution in [2.24, 2.45) is 0 Å². The molecule has 1 saturated heterocycles. The van der Waals surface area contributed by atoms with Gasteiger partial charge in [0.1, 0.15) is 0 Å². The summed E-state index contributed by atoms with van der Waals surface area (Å²) in [6.07, 6.45) is -3.19. The largest absolute Gasteiger partial charge is 0.416 e. The zero-order chi connectivity index (χ0) is 20.5. The van der Waals surface area contributed by atoms with Gasteiger partial charge >= 0.3 is 6.18 Å². The molecule has 2 heterocycles. The number of piperidine rings is 1. The quantitative estimate of drug-likeness (QED) is 0.717. The molecule has 1 aromatic heterocycles. The van der Waals surface area contributed by atoms with Crippen molar-refractivity contribution < 1.29 is 26.4 Å². The SMILES string of the molecule is C=CS(=O)(=O)CCC(=O)N1CCC(c2nc3cc(C(F)(F)F)ccc3s2)CC1. The van der Waals surface area contributed by atoms with Gasteiger partial charge in [0.05, 0.1) is 26.5 Å². The van der Waals surface area contributed by atoms with E-state index in [4.69, 9.17) is 0 Å². The van der Waals surface area contributed by atoms with Gasteiger partial charge in [0, 0.05) is 30.8 Å². The normalized spacial score (nSPS) is 16.5. The lowest BCUT2D eigenvalue weighted by atomic mass is 9.97. The molecule has 152 valence electrons. The van der Waals surface area contributed by atoms with E-state index >= 15 is 0 Å². The van der Waals surface area contributed by atoms with Gasteiger partial charge in [-0.2, -0.15) is 13.2 Å². The minimum Gasteiger partial charge on any atom is -0.343 e. The van der Waals surface area contributed by atoms with Crippen molar-refractivity contribution in [2.45, 2.75) is 31.4 Å². The molecule has 1 aromatic carbocycles. The van der Waals surface area contributed by atoms with Crippen molar-refractivity contribution in [1.82, 2.24) is 9.88 Å². The molecule has 0 bridgehead atoms. The molecule has 1 amide bonds. The number of alkyl halides is 3. The summed E-state index contributed by atoms with van der Waals surface area (Å²) in [6.45, 7) is 4.17. The van der Waals surface area contributed by atoms with E-state index in [0.717, 1.165) is 22.5 Å². The van der Waals surface area contributed by atoms with Crippen LogP contribution in [0.3, 0.4) is 0 Å². The molecule has 1 aliphatic rings. The predicted octanol–water partition coefficient (Wildman–Crippen LogP) is 3.97. The van der Waals surface area contributed by atoms with Crippen LogP contribution in [0, 0.1) is 0 Å². The molecule has 0 spiro atoms. The van der Waals surface area contributed by atoms with E-state index in [-0.39, 0.29) is 24.0 Å². The maximum absolute atomic E-state index is 12.9. The van der Waals surface area contributed by atoms with E-state index in [9.17, 15) is 26.4 Å². The Hall–Kier alpha value is -1.94. The predicted molar refractivity (Wildman–Crippen MR) is 102 cm³/mol. The second-order valence-corrected chi connectivity index (χ2v) is 9.80. The van der Waals surface area contributed by atoms with Crippen LogP contribution in [-0.4, -0.2) is 43.1 Å². The number of amides is 1. The van der Waals surface area contributed by atoms with E-state index in [0.29, 0.717) is 36.1 Å². The summed E-state index contributed by atoms with van der Waals surface area (Å²) < 4.78 is 62.1. The number of rotatable bonds is 5. The van der Waals surface area contributed by atoms with Crippen LogP contribution in [0.2, 0.25) is 0 Å². The number of hydrogen-bond acceptors (Lipinski definition) is 5. The highest BCUT2D eigenvalue weighted by atomic mass is 32.2. The van der Waals surface area contributed by atoms with Crippen LogP contribution in [0.25, 0.3) is 10.2 Å². The lowest BCUT2D eigenvalue weighted by molar-refractivity contribution is -0.137. The van der Waals surface area contributed by atoms with E-state index in [2.05, 4.69) is 11.6 Å². The van der Waals surface area contributed by atoms with Crippen molar-refractivity contribution in [3.05, 3.63) is 40.8 Å². The third-order valence-electron chi connectivity index (χ3n) is 4.78. The summed E-state index contributed by atoms with van der Waals surface area (Å²) in [7, 11) is -3.41. The summed E-state index contributed by atoms with van der Waals surface area (Å²) in [4.78, 5) is 18.2. The van der Waals surface area contributed by atoms with Crippen LogP contribution in [-0.2, 0) is 20.8 Å². The molecule has 28 heavy (non-hydrogen) atoms. The summed E-state index contributed by atoms with van der Waals surface area (Å²) in [5.41, 5.74) is -0.380. The monoisotopic (exact) mass is 432 g/mol. The van der Waals surface area contributed by atoms with E-state index < -0.39 is 21.6 Å². The molecule has 10 heteroatoms. The molecule has 0 saturated carbocycles. The van der Waals surface area contributed by atoms with Gasteiger partial charge in [0.25, 0.3) is 0 Å². The number of aromatic nitrogens is 1. The number of likely N-dealkylation sites (tertiary alicyclic amines) is 1. The number of thiazole rings is 1. The van der Waals surface area contributed by atoms with E-state index in [1.54, 1.807) is 4.90 Å². The highest BCUT2D eigenvalue weighted by molar-refractivity contribution is 7.94. The molecule has 2 aromatic rings. The van der Waals surface area contributed by atoms with E-state index in [1.165, 1.54) is 17.4 Å². The Bertz CT molecular complexity index is 991. The first kappa shape index (κ1) is 20.8. The van der Waals surface area contributed by atoms with Crippen molar-refractivity contribution >= 4 is 37.3 Å². The topological polar surface area (TPSA) is 67.3 Å². The molecule has 3 rings (SSSR count). The molecule has 0 atom stereocenters. The lowest BCUT2D eigenvalue weighted by Crippen LogP contribution is -2.38. The van der Waals surface area contributed by atoms with E-state index in [1.807, 2.05) is 0 Å². The Morgan fingerprint density at radius 1 is 1.32 bits per heavy atom. The fraction of sp³-hybridized carbons (Fsp3) is 0.444. The zero-order valence-corrected chi connectivity index (χ0v) is 16.5. The molecule has 0 unspecified atom stereocenters. The molecule has 0 aliphatic carbocycles. The molecule has 0 N–H and O–H groups in total. The first-order valence-corrected chi connectivity index (χ1v) is 11.2. The first-order chi connectivity index (χ1) is 13.1. The van der Waals surface area contributed by atoms with Crippen molar-refractivity contribution in [3.63, 3.8) is 0 Å². The van der Waals surface area contributed by atoms with Gasteiger partial charge in [0.15, 0.2) is 9.84 Å². The summed E-state index contributed by atoms with van der Waals surface area (Å²) in [5, 5.41) is 1.62. The Kier molecular flexibility index (Phi) is 5.81. The standard InChI is InChI=1S/C18H19F3N2O3S2/c1-2-28(25,26)10-7-16(24)23-8-5-12(6-9-23)17-22-14-11-13(18(19,20)21)3-4-15(14)27-17/h2-4,11-12H,1,5-10H2. The second-order valence-electron chi connectivity index (χ2n) is 6.67. The number of carbonyl (C=O) groups is 1. The number of nitrogens with zero attached hydrogens (tertiary/aromatic N) is 2. The van der Waals surface area contributed by atoms with Gasteiger partial charge in [-0.1, -0.05) is 6.58 Å². The Balaban J connectivity index is 1.63. The molecule has 1 fully saturated rings. The third-order valence-corrected chi connectivity index (χ3v) is 7.26. The van der Waals surface area contributed by atoms with Crippen LogP contribution in [0.1, 0.15) is 35.8 Å². The van der Waals surface area contributed by atoms with Crippen LogP contribution >= 0.6 is 11.3 Å². The second kappa shape index (κ2) is 7.82. The van der Waals surface area contributed by atoms with Crippen molar-refractivity contribution in [2.75, 3.05) is 18.8 Å². The van der Waals surface area contributed by atoms with Gasteiger partial charge in [0.2, 0.25) is 5.91 Å². The number of hydrogen-bond donors (Lipinski definition) is 0. The van der Waals surface area contributed by atoms with Gasteiger partial charge in [-0.05, 0) is 31.0 Å². The maximum atomic E-state index is 12.9. The van der Waals surface area contributed by atoms with Crippen LogP contribution in [0.4, 0.5) is 13.2 Å². The maximum Gasteiger partial charge on any atom is 0.416 e. The summed E-state index contributed by atoms with van der Waals surface area (Å²) in [6, 6.07) is 3.56. The number of halogens is 3. The highest BCUT2D eigenvalue weighted by Gasteiger charge is 2.31. The number of fused-ring (bicyclic) bond motifs is 1.